The average molecular weight is 188 g/mol. The molecule has 2 nitrogen and oxygen atoms in total. The first kappa shape index (κ1) is 12.9. The van der Waals surface area contributed by atoms with Gasteiger partial charge in [0.1, 0.15) is 0 Å². The predicted octanol–water partition coefficient (Wildman–Crippen LogP) is 2.68. The highest BCUT2D eigenvalue weighted by molar-refractivity contribution is 4.61. The molecule has 0 aromatic carbocycles. The van der Waals surface area contributed by atoms with Gasteiger partial charge in [-0.05, 0) is 12.8 Å². The van der Waals surface area contributed by atoms with Crippen LogP contribution in [0.3, 0.4) is 0 Å². The van der Waals surface area contributed by atoms with E-state index in [4.69, 9.17) is 10.2 Å². The third-order valence-electron chi connectivity index (χ3n) is 2.53. The highest BCUT2D eigenvalue weighted by atomic mass is 16.5. The molecule has 0 spiro atoms. The summed E-state index contributed by atoms with van der Waals surface area (Å²) in [5.74, 6) is 0.103. The van der Waals surface area contributed by atoms with E-state index < -0.39 is 6.29 Å². The summed E-state index contributed by atoms with van der Waals surface area (Å²) in [6.07, 6.45) is 6.58. The minimum atomic E-state index is -1.11. The van der Waals surface area contributed by atoms with Gasteiger partial charge in [0.15, 0.2) is 6.29 Å². The van der Waals surface area contributed by atoms with E-state index in [-0.39, 0.29) is 5.92 Å². The highest BCUT2D eigenvalue weighted by Gasteiger charge is 2.14. The second-order valence-electron chi connectivity index (χ2n) is 3.81. The van der Waals surface area contributed by atoms with Crippen LogP contribution in [0.2, 0.25) is 0 Å². The number of hydrogen-bond acceptors (Lipinski definition) is 2. The topological polar surface area (TPSA) is 40.5 Å². The van der Waals surface area contributed by atoms with Crippen molar-refractivity contribution in [3.63, 3.8) is 0 Å². The second-order valence-corrected chi connectivity index (χ2v) is 3.81. The number of aliphatic hydroxyl groups is 2. The normalized spacial score (nSPS) is 13.6. The van der Waals surface area contributed by atoms with Gasteiger partial charge in [-0.15, -0.1) is 0 Å². The van der Waals surface area contributed by atoms with Crippen LogP contribution in [-0.2, 0) is 0 Å². The molecule has 0 aromatic rings. The SMILES string of the molecule is CCCCCC(CCCC)C(O)O. The molecule has 0 bridgehead atoms. The van der Waals surface area contributed by atoms with E-state index in [0.29, 0.717) is 0 Å². The largest absolute Gasteiger partial charge is 0.368 e. The van der Waals surface area contributed by atoms with Gasteiger partial charge in [0.05, 0.1) is 0 Å². The van der Waals surface area contributed by atoms with E-state index in [1.54, 1.807) is 0 Å². The molecular weight excluding hydrogens is 164 g/mol. The third kappa shape index (κ3) is 7.03. The fourth-order valence-corrected chi connectivity index (χ4v) is 1.57. The van der Waals surface area contributed by atoms with Crippen molar-refractivity contribution in [3.05, 3.63) is 0 Å². The van der Waals surface area contributed by atoms with Crippen LogP contribution in [0.15, 0.2) is 0 Å². The van der Waals surface area contributed by atoms with E-state index in [1.807, 2.05) is 0 Å². The first-order valence-electron chi connectivity index (χ1n) is 5.58. The van der Waals surface area contributed by atoms with Crippen LogP contribution in [0.25, 0.3) is 0 Å². The molecule has 2 N–H and O–H groups in total. The van der Waals surface area contributed by atoms with Crippen LogP contribution in [0, 0.1) is 5.92 Å². The van der Waals surface area contributed by atoms with E-state index >= 15 is 0 Å². The number of hydrogen-bond donors (Lipinski definition) is 2. The third-order valence-corrected chi connectivity index (χ3v) is 2.53. The first-order chi connectivity index (χ1) is 6.22. The summed E-state index contributed by atoms with van der Waals surface area (Å²) in [5.41, 5.74) is 0. The average Bonchev–Trinajstić information content (AvgIpc) is 2.10. The lowest BCUT2D eigenvalue weighted by Gasteiger charge is -2.18. The molecule has 0 aliphatic heterocycles. The molecule has 0 radical (unpaired) electrons. The van der Waals surface area contributed by atoms with Crippen LogP contribution in [-0.4, -0.2) is 16.5 Å². The molecule has 0 fully saturated rings. The Labute approximate surface area is 82.0 Å². The zero-order chi connectivity index (χ0) is 10.1. The van der Waals surface area contributed by atoms with Crippen molar-refractivity contribution in [2.75, 3.05) is 0 Å². The molecule has 2 heteroatoms. The Hall–Kier alpha value is -0.0800. The van der Waals surface area contributed by atoms with Crippen LogP contribution in [0.5, 0.6) is 0 Å². The Bertz CT molecular complexity index is 102. The zero-order valence-corrected chi connectivity index (χ0v) is 9.00. The second kappa shape index (κ2) is 8.52. The van der Waals surface area contributed by atoms with Gasteiger partial charge in [-0.2, -0.15) is 0 Å². The smallest absolute Gasteiger partial charge is 0.154 e. The summed E-state index contributed by atoms with van der Waals surface area (Å²) in [5, 5.41) is 18.2. The molecule has 0 aliphatic carbocycles. The van der Waals surface area contributed by atoms with E-state index in [2.05, 4.69) is 13.8 Å². The van der Waals surface area contributed by atoms with Crippen LogP contribution >= 0.6 is 0 Å². The maximum Gasteiger partial charge on any atom is 0.154 e. The molecule has 0 heterocycles. The molecule has 0 saturated carbocycles. The van der Waals surface area contributed by atoms with Crippen LogP contribution in [0.4, 0.5) is 0 Å². The summed E-state index contributed by atoms with van der Waals surface area (Å²) in [6.45, 7) is 4.29. The van der Waals surface area contributed by atoms with Crippen molar-refractivity contribution in [1.29, 1.82) is 0 Å². The van der Waals surface area contributed by atoms with Gasteiger partial charge in [-0.1, -0.05) is 46.0 Å². The lowest BCUT2D eigenvalue weighted by molar-refractivity contribution is -0.0889. The molecule has 0 saturated heterocycles. The van der Waals surface area contributed by atoms with Crippen molar-refractivity contribution in [2.45, 2.75) is 65.1 Å². The fraction of sp³-hybridized carbons (Fsp3) is 1.00. The maximum atomic E-state index is 9.09. The molecule has 80 valence electrons. The summed E-state index contributed by atoms with van der Waals surface area (Å²) < 4.78 is 0. The lowest BCUT2D eigenvalue weighted by atomic mass is 9.95. The first-order valence-corrected chi connectivity index (χ1v) is 5.58. The molecule has 0 aliphatic rings. The van der Waals surface area contributed by atoms with Gasteiger partial charge in [0.25, 0.3) is 0 Å². The Morgan fingerprint density at radius 1 is 0.846 bits per heavy atom. The number of rotatable bonds is 8. The van der Waals surface area contributed by atoms with Gasteiger partial charge in [-0.25, -0.2) is 0 Å². The molecule has 1 atom stereocenters. The van der Waals surface area contributed by atoms with Crippen LogP contribution < -0.4 is 0 Å². The van der Waals surface area contributed by atoms with E-state index in [1.165, 1.54) is 12.8 Å². The fourth-order valence-electron chi connectivity index (χ4n) is 1.57. The molecule has 0 amide bonds. The zero-order valence-electron chi connectivity index (χ0n) is 9.00. The Kier molecular flexibility index (Phi) is 8.46. The maximum absolute atomic E-state index is 9.09. The molecule has 0 aromatic heterocycles. The van der Waals surface area contributed by atoms with Crippen molar-refractivity contribution < 1.29 is 10.2 Å². The number of unbranched alkanes of at least 4 members (excludes halogenated alkanes) is 3. The van der Waals surface area contributed by atoms with Crippen LogP contribution in [0.1, 0.15) is 58.8 Å². The standard InChI is InChI=1S/C11H24O2/c1-3-5-7-9-10(11(12)13)8-6-4-2/h10-13H,3-9H2,1-2H3. The van der Waals surface area contributed by atoms with Crippen molar-refractivity contribution in [2.24, 2.45) is 5.92 Å². The minimum Gasteiger partial charge on any atom is -0.368 e. The summed E-state index contributed by atoms with van der Waals surface area (Å²) >= 11 is 0. The molecule has 0 rings (SSSR count). The van der Waals surface area contributed by atoms with E-state index in [9.17, 15) is 0 Å². The molecule has 13 heavy (non-hydrogen) atoms. The van der Waals surface area contributed by atoms with Gasteiger partial charge in [0.2, 0.25) is 0 Å². The van der Waals surface area contributed by atoms with Crippen molar-refractivity contribution in [3.8, 4) is 0 Å². The predicted molar refractivity (Wildman–Crippen MR) is 55.4 cm³/mol. The van der Waals surface area contributed by atoms with Gasteiger partial charge in [-0.3, -0.25) is 0 Å². The van der Waals surface area contributed by atoms with Gasteiger partial charge in [0, 0.05) is 5.92 Å². The highest BCUT2D eigenvalue weighted by Crippen LogP contribution is 2.19. The lowest BCUT2D eigenvalue weighted by Crippen LogP contribution is -2.19. The summed E-state index contributed by atoms with van der Waals surface area (Å²) in [6, 6.07) is 0. The molecular formula is C11H24O2. The van der Waals surface area contributed by atoms with E-state index in [0.717, 1.165) is 32.1 Å². The molecule has 1 unspecified atom stereocenters. The Morgan fingerprint density at radius 2 is 1.38 bits per heavy atom. The number of aliphatic hydroxyl groups excluding tert-OH is 1. The summed E-state index contributed by atoms with van der Waals surface area (Å²) in [4.78, 5) is 0. The van der Waals surface area contributed by atoms with Crippen molar-refractivity contribution >= 4 is 0 Å². The Morgan fingerprint density at radius 3 is 1.85 bits per heavy atom. The minimum absolute atomic E-state index is 0.103. The monoisotopic (exact) mass is 188 g/mol. The van der Waals surface area contributed by atoms with Crippen molar-refractivity contribution in [1.82, 2.24) is 0 Å². The summed E-state index contributed by atoms with van der Waals surface area (Å²) in [7, 11) is 0. The quantitative estimate of drug-likeness (QED) is 0.454. The van der Waals surface area contributed by atoms with Gasteiger partial charge >= 0.3 is 0 Å². The Balaban J connectivity index is 3.54. The van der Waals surface area contributed by atoms with Gasteiger partial charge < -0.3 is 10.2 Å².